The predicted octanol–water partition coefficient (Wildman–Crippen LogP) is 3.23. The van der Waals surface area contributed by atoms with E-state index in [-0.39, 0.29) is 11.9 Å². The van der Waals surface area contributed by atoms with Crippen LogP contribution in [0, 0.1) is 6.92 Å². The van der Waals surface area contributed by atoms with Crippen LogP contribution < -0.4 is 0 Å². The number of carbonyl (C=O) groups is 1. The molecule has 0 atom stereocenters. The van der Waals surface area contributed by atoms with Crippen molar-refractivity contribution in [1.82, 2.24) is 4.90 Å². The Morgan fingerprint density at radius 2 is 2.11 bits per heavy atom. The number of furan rings is 2. The third-order valence-electron chi connectivity index (χ3n) is 2.74. The van der Waals surface area contributed by atoms with Gasteiger partial charge in [-0.15, -0.1) is 0 Å². The third kappa shape index (κ3) is 2.64. The fourth-order valence-corrected chi connectivity index (χ4v) is 1.77. The summed E-state index contributed by atoms with van der Waals surface area (Å²) < 4.78 is 10.7. The summed E-state index contributed by atoms with van der Waals surface area (Å²) in [4.78, 5) is 14.0. The molecule has 0 unspecified atom stereocenters. The lowest BCUT2D eigenvalue weighted by molar-refractivity contribution is 0.0642. The molecular weight excluding hydrogens is 230 g/mol. The van der Waals surface area contributed by atoms with Crippen LogP contribution >= 0.6 is 0 Å². The van der Waals surface area contributed by atoms with Crippen molar-refractivity contribution in [3.63, 3.8) is 0 Å². The first-order valence-corrected chi connectivity index (χ1v) is 5.97. The van der Waals surface area contributed by atoms with E-state index in [2.05, 4.69) is 0 Å². The smallest absolute Gasteiger partial charge is 0.290 e. The first-order chi connectivity index (χ1) is 8.58. The fraction of sp³-hybridized carbons (Fsp3) is 0.357. The molecule has 0 aliphatic rings. The van der Waals surface area contributed by atoms with E-state index in [1.54, 1.807) is 17.0 Å². The van der Waals surface area contributed by atoms with E-state index in [9.17, 15) is 4.79 Å². The van der Waals surface area contributed by atoms with Crippen LogP contribution in [-0.4, -0.2) is 16.8 Å². The molecule has 2 rings (SSSR count). The number of aryl methyl sites for hydroxylation is 1. The minimum absolute atomic E-state index is 0.0769. The van der Waals surface area contributed by atoms with Gasteiger partial charge in [0.15, 0.2) is 5.76 Å². The summed E-state index contributed by atoms with van der Waals surface area (Å²) in [6.07, 6.45) is 1.50. The lowest BCUT2D eigenvalue weighted by atomic mass is 10.2. The normalized spacial score (nSPS) is 10.9. The average Bonchev–Trinajstić information content (AvgIpc) is 2.95. The largest absolute Gasteiger partial charge is 0.464 e. The zero-order chi connectivity index (χ0) is 13.1. The molecule has 0 spiro atoms. The first-order valence-electron chi connectivity index (χ1n) is 5.97. The molecule has 1 amide bonds. The molecule has 2 aromatic heterocycles. The molecule has 4 nitrogen and oxygen atoms in total. The quantitative estimate of drug-likeness (QED) is 0.833. The zero-order valence-corrected chi connectivity index (χ0v) is 10.8. The molecule has 0 saturated heterocycles. The van der Waals surface area contributed by atoms with Gasteiger partial charge in [0, 0.05) is 6.04 Å². The Morgan fingerprint density at radius 1 is 1.33 bits per heavy atom. The van der Waals surface area contributed by atoms with Crippen LogP contribution in [-0.2, 0) is 6.54 Å². The number of hydrogen-bond donors (Lipinski definition) is 0. The zero-order valence-electron chi connectivity index (χ0n) is 10.8. The van der Waals surface area contributed by atoms with Gasteiger partial charge in [-0.25, -0.2) is 0 Å². The highest BCUT2D eigenvalue weighted by atomic mass is 16.3. The summed E-state index contributed by atoms with van der Waals surface area (Å²) in [5.74, 6) is 1.86. The molecule has 0 radical (unpaired) electrons. The summed E-state index contributed by atoms with van der Waals surface area (Å²) >= 11 is 0. The van der Waals surface area contributed by atoms with Crippen molar-refractivity contribution < 1.29 is 13.6 Å². The van der Waals surface area contributed by atoms with Crippen molar-refractivity contribution in [3.8, 4) is 0 Å². The van der Waals surface area contributed by atoms with Crippen LogP contribution in [0.4, 0.5) is 0 Å². The van der Waals surface area contributed by atoms with Gasteiger partial charge in [0.05, 0.1) is 12.8 Å². The molecule has 0 aliphatic carbocycles. The van der Waals surface area contributed by atoms with Crippen molar-refractivity contribution in [2.45, 2.75) is 33.4 Å². The maximum atomic E-state index is 12.2. The second-order valence-electron chi connectivity index (χ2n) is 4.52. The molecule has 18 heavy (non-hydrogen) atoms. The Morgan fingerprint density at radius 3 is 2.61 bits per heavy atom. The Bertz CT molecular complexity index is 511. The summed E-state index contributed by atoms with van der Waals surface area (Å²) in [7, 11) is 0. The number of nitrogens with zero attached hydrogens (tertiary/aromatic N) is 1. The number of amides is 1. The van der Waals surface area contributed by atoms with E-state index < -0.39 is 0 Å². The standard InChI is InChI=1S/C14H17NO3/c1-10(2)15(9-12-7-6-11(3)18-12)14(16)13-5-4-8-17-13/h4-8,10H,9H2,1-3H3. The highest BCUT2D eigenvalue weighted by Gasteiger charge is 2.22. The highest BCUT2D eigenvalue weighted by Crippen LogP contribution is 2.15. The maximum absolute atomic E-state index is 12.2. The van der Waals surface area contributed by atoms with Crippen molar-refractivity contribution >= 4 is 5.91 Å². The molecule has 0 aromatic carbocycles. The lowest BCUT2D eigenvalue weighted by Crippen LogP contribution is -2.36. The Hall–Kier alpha value is -1.97. The minimum atomic E-state index is -0.121. The molecule has 0 N–H and O–H groups in total. The van der Waals surface area contributed by atoms with Gasteiger partial charge < -0.3 is 13.7 Å². The molecule has 0 bridgehead atoms. The molecule has 2 aromatic rings. The van der Waals surface area contributed by atoms with Gasteiger partial charge >= 0.3 is 0 Å². The average molecular weight is 247 g/mol. The predicted molar refractivity (Wildman–Crippen MR) is 67.2 cm³/mol. The number of hydrogen-bond acceptors (Lipinski definition) is 3. The number of rotatable bonds is 4. The lowest BCUT2D eigenvalue weighted by Gasteiger charge is -2.24. The Labute approximate surface area is 106 Å². The summed E-state index contributed by atoms with van der Waals surface area (Å²) in [5.41, 5.74) is 0. The van der Waals surface area contributed by atoms with Gasteiger partial charge in [-0.1, -0.05) is 0 Å². The van der Waals surface area contributed by atoms with Gasteiger partial charge in [-0.2, -0.15) is 0 Å². The topological polar surface area (TPSA) is 46.6 Å². The fourth-order valence-electron chi connectivity index (χ4n) is 1.77. The van der Waals surface area contributed by atoms with E-state index in [4.69, 9.17) is 8.83 Å². The summed E-state index contributed by atoms with van der Waals surface area (Å²) in [5, 5.41) is 0. The van der Waals surface area contributed by atoms with E-state index in [0.717, 1.165) is 11.5 Å². The second kappa shape index (κ2) is 5.12. The molecule has 0 saturated carbocycles. The Kier molecular flexibility index (Phi) is 3.55. The molecule has 4 heteroatoms. The van der Waals surface area contributed by atoms with Crippen LogP contribution in [0.5, 0.6) is 0 Å². The Balaban J connectivity index is 2.16. The highest BCUT2D eigenvalue weighted by molar-refractivity contribution is 5.91. The molecule has 2 heterocycles. The van der Waals surface area contributed by atoms with Crippen LogP contribution in [0.25, 0.3) is 0 Å². The van der Waals surface area contributed by atoms with Crippen LogP contribution in [0.15, 0.2) is 39.4 Å². The van der Waals surface area contributed by atoms with E-state index in [1.807, 2.05) is 32.9 Å². The van der Waals surface area contributed by atoms with E-state index in [0.29, 0.717) is 12.3 Å². The van der Waals surface area contributed by atoms with Crippen molar-refractivity contribution in [2.24, 2.45) is 0 Å². The third-order valence-corrected chi connectivity index (χ3v) is 2.74. The van der Waals surface area contributed by atoms with Crippen LogP contribution in [0.2, 0.25) is 0 Å². The van der Waals surface area contributed by atoms with Gasteiger partial charge in [0.25, 0.3) is 5.91 Å². The number of carbonyl (C=O) groups excluding carboxylic acids is 1. The first kappa shape index (κ1) is 12.5. The van der Waals surface area contributed by atoms with Gasteiger partial charge in [0.1, 0.15) is 11.5 Å². The maximum Gasteiger partial charge on any atom is 0.290 e. The minimum Gasteiger partial charge on any atom is -0.464 e. The molecule has 96 valence electrons. The summed E-state index contributed by atoms with van der Waals surface area (Å²) in [6, 6.07) is 7.24. The van der Waals surface area contributed by atoms with Gasteiger partial charge in [-0.3, -0.25) is 4.79 Å². The second-order valence-corrected chi connectivity index (χ2v) is 4.52. The van der Waals surface area contributed by atoms with Crippen molar-refractivity contribution in [3.05, 3.63) is 47.8 Å². The SMILES string of the molecule is Cc1ccc(CN(C(=O)c2ccco2)C(C)C)o1. The monoisotopic (exact) mass is 247 g/mol. The molecule has 0 aliphatic heterocycles. The van der Waals surface area contributed by atoms with Crippen LogP contribution in [0.1, 0.15) is 35.9 Å². The summed E-state index contributed by atoms with van der Waals surface area (Å²) in [6.45, 7) is 6.27. The van der Waals surface area contributed by atoms with Crippen molar-refractivity contribution in [1.29, 1.82) is 0 Å². The van der Waals surface area contributed by atoms with Gasteiger partial charge in [0.2, 0.25) is 0 Å². The van der Waals surface area contributed by atoms with Crippen molar-refractivity contribution in [2.75, 3.05) is 0 Å². The molecule has 0 fully saturated rings. The van der Waals surface area contributed by atoms with Gasteiger partial charge in [-0.05, 0) is 45.0 Å². The van der Waals surface area contributed by atoms with E-state index >= 15 is 0 Å². The molecular formula is C14H17NO3. The van der Waals surface area contributed by atoms with Crippen LogP contribution in [0.3, 0.4) is 0 Å². The van der Waals surface area contributed by atoms with E-state index in [1.165, 1.54) is 6.26 Å².